The highest BCUT2D eigenvalue weighted by atomic mass is 15.1. The second kappa shape index (κ2) is 7.92. The van der Waals surface area contributed by atoms with E-state index in [1.807, 2.05) is 0 Å². The molecule has 2 heterocycles. The lowest BCUT2D eigenvalue weighted by Crippen LogP contribution is -2.34. The van der Waals surface area contributed by atoms with Gasteiger partial charge in [0.15, 0.2) is 0 Å². The molecule has 2 aliphatic heterocycles. The molecule has 0 aliphatic carbocycles. The first-order valence-corrected chi connectivity index (χ1v) is 8.68. The van der Waals surface area contributed by atoms with Crippen molar-refractivity contribution in [2.75, 3.05) is 32.7 Å². The summed E-state index contributed by atoms with van der Waals surface area (Å²) in [6, 6.07) is 9.40. The Morgan fingerprint density at radius 2 is 1.90 bits per heavy atom. The first-order chi connectivity index (χ1) is 10.4. The van der Waals surface area contributed by atoms with Crippen molar-refractivity contribution in [2.45, 2.75) is 44.7 Å². The molecule has 3 nitrogen and oxygen atoms in total. The Labute approximate surface area is 129 Å². The van der Waals surface area contributed by atoms with Crippen molar-refractivity contribution >= 4 is 0 Å². The molecule has 3 rings (SSSR count). The Balaban J connectivity index is 1.52. The van der Waals surface area contributed by atoms with E-state index in [9.17, 15) is 0 Å². The lowest BCUT2D eigenvalue weighted by atomic mass is 9.99. The van der Waals surface area contributed by atoms with Gasteiger partial charge in [-0.25, -0.2) is 0 Å². The minimum Gasteiger partial charge on any atom is -0.313 e. The van der Waals surface area contributed by atoms with Crippen LogP contribution in [-0.4, -0.2) is 37.6 Å². The summed E-state index contributed by atoms with van der Waals surface area (Å²) >= 11 is 0. The van der Waals surface area contributed by atoms with Crippen molar-refractivity contribution in [3.8, 4) is 0 Å². The van der Waals surface area contributed by atoms with Crippen LogP contribution in [0.3, 0.4) is 0 Å². The molecule has 2 N–H and O–H groups in total. The third-order valence-electron chi connectivity index (χ3n) is 4.87. The highest BCUT2D eigenvalue weighted by Gasteiger charge is 2.17. The van der Waals surface area contributed by atoms with Crippen LogP contribution in [0.2, 0.25) is 0 Å². The van der Waals surface area contributed by atoms with Gasteiger partial charge in [-0.05, 0) is 50.0 Å². The van der Waals surface area contributed by atoms with E-state index in [0.29, 0.717) is 6.04 Å². The van der Waals surface area contributed by atoms with Crippen LogP contribution >= 0.6 is 0 Å². The molecule has 21 heavy (non-hydrogen) atoms. The van der Waals surface area contributed by atoms with Gasteiger partial charge in [-0.15, -0.1) is 0 Å². The second-order valence-electron chi connectivity index (χ2n) is 6.43. The first-order valence-electron chi connectivity index (χ1n) is 8.68. The number of likely N-dealkylation sites (tertiary alicyclic amines) is 1. The summed E-state index contributed by atoms with van der Waals surface area (Å²) in [4.78, 5) is 2.64. The first kappa shape index (κ1) is 15.0. The van der Waals surface area contributed by atoms with Crippen LogP contribution in [0.4, 0.5) is 0 Å². The molecule has 0 radical (unpaired) electrons. The van der Waals surface area contributed by atoms with E-state index in [4.69, 9.17) is 0 Å². The van der Waals surface area contributed by atoms with E-state index < -0.39 is 0 Å². The van der Waals surface area contributed by atoms with Crippen LogP contribution in [0.5, 0.6) is 0 Å². The molecule has 1 unspecified atom stereocenters. The van der Waals surface area contributed by atoms with E-state index in [1.54, 1.807) is 0 Å². The lowest BCUT2D eigenvalue weighted by Gasteiger charge is -2.23. The Bertz CT molecular complexity index is 424. The van der Waals surface area contributed by atoms with Crippen LogP contribution in [0.25, 0.3) is 0 Å². The highest BCUT2D eigenvalue weighted by molar-refractivity contribution is 5.30. The fourth-order valence-corrected chi connectivity index (χ4v) is 3.63. The normalized spacial score (nSPS) is 24.1. The average molecular weight is 287 g/mol. The molecular formula is C18H29N3. The second-order valence-corrected chi connectivity index (χ2v) is 6.43. The van der Waals surface area contributed by atoms with Crippen molar-refractivity contribution < 1.29 is 0 Å². The molecule has 0 saturated carbocycles. The molecule has 1 saturated heterocycles. The van der Waals surface area contributed by atoms with Crippen molar-refractivity contribution in [1.82, 2.24) is 15.5 Å². The van der Waals surface area contributed by atoms with Gasteiger partial charge < -0.3 is 15.5 Å². The minimum atomic E-state index is 0.517. The molecule has 116 valence electrons. The molecule has 0 spiro atoms. The largest absolute Gasteiger partial charge is 0.313 e. The molecule has 0 amide bonds. The molecule has 1 aromatic carbocycles. The maximum atomic E-state index is 3.80. The smallest absolute Gasteiger partial charge is 0.0336 e. The zero-order chi connectivity index (χ0) is 14.3. The molecular weight excluding hydrogens is 258 g/mol. The monoisotopic (exact) mass is 287 g/mol. The van der Waals surface area contributed by atoms with Gasteiger partial charge >= 0.3 is 0 Å². The standard InChI is InChI=1S/C18H29N3/c1-2-6-13-21(12-5-1)14-11-20-18-9-10-19-15-16-7-3-4-8-17(16)18/h3-4,7-8,18-20H,1-2,5-6,9-15H2. The topological polar surface area (TPSA) is 27.3 Å². The Kier molecular flexibility index (Phi) is 5.67. The Morgan fingerprint density at radius 3 is 2.76 bits per heavy atom. The van der Waals surface area contributed by atoms with Crippen LogP contribution in [0.15, 0.2) is 24.3 Å². The summed E-state index contributed by atoms with van der Waals surface area (Å²) in [6.45, 7) is 7.02. The van der Waals surface area contributed by atoms with Crippen LogP contribution < -0.4 is 10.6 Å². The third kappa shape index (κ3) is 4.29. The fraction of sp³-hybridized carbons (Fsp3) is 0.667. The van der Waals surface area contributed by atoms with E-state index >= 15 is 0 Å². The Hall–Kier alpha value is -0.900. The van der Waals surface area contributed by atoms with Gasteiger partial charge in [0.25, 0.3) is 0 Å². The SMILES string of the molecule is c1ccc2c(c1)CNCCC2NCCN1CCCCCC1. The van der Waals surface area contributed by atoms with Crippen molar-refractivity contribution in [2.24, 2.45) is 0 Å². The highest BCUT2D eigenvalue weighted by Crippen LogP contribution is 2.23. The summed E-state index contributed by atoms with van der Waals surface area (Å²) in [5.74, 6) is 0. The van der Waals surface area contributed by atoms with Gasteiger partial charge in [-0.3, -0.25) is 0 Å². The Morgan fingerprint density at radius 1 is 1.10 bits per heavy atom. The van der Waals surface area contributed by atoms with Crippen molar-refractivity contribution in [1.29, 1.82) is 0 Å². The van der Waals surface area contributed by atoms with Gasteiger partial charge in [-0.2, -0.15) is 0 Å². The fourth-order valence-electron chi connectivity index (χ4n) is 3.63. The van der Waals surface area contributed by atoms with Gasteiger partial charge in [-0.1, -0.05) is 37.1 Å². The molecule has 3 heteroatoms. The molecule has 0 aromatic heterocycles. The predicted octanol–water partition coefficient (Wildman–Crippen LogP) is 2.69. The quantitative estimate of drug-likeness (QED) is 0.891. The number of benzene rings is 1. The number of hydrogen-bond acceptors (Lipinski definition) is 3. The number of hydrogen-bond donors (Lipinski definition) is 2. The summed E-state index contributed by atoms with van der Waals surface area (Å²) in [5.41, 5.74) is 2.96. The zero-order valence-corrected chi connectivity index (χ0v) is 13.1. The number of rotatable bonds is 4. The average Bonchev–Trinajstić information content (AvgIpc) is 2.89. The number of nitrogens with zero attached hydrogens (tertiary/aromatic N) is 1. The number of fused-ring (bicyclic) bond motifs is 1. The molecule has 1 aromatic rings. The lowest BCUT2D eigenvalue weighted by molar-refractivity contribution is 0.278. The molecule has 1 fully saturated rings. The van der Waals surface area contributed by atoms with E-state index in [2.05, 4.69) is 39.8 Å². The van der Waals surface area contributed by atoms with Gasteiger partial charge in [0, 0.05) is 25.7 Å². The third-order valence-corrected chi connectivity index (χ3v) is 4.87. The summed E-state index contributed by atoms with van der Waals surface area (Å²) in [5, 5.41) is 7.33. The van der Waals surface area contributed by atoms with E-state index in [1.165, 1.54) is 62.9 Å². The molecule has 1 atom stereocenters. The van der Waals surface area contributed by atoms with E-state index in [-0.39, 0.29) is 0 Å². The predicted molar refractivity (Wildman–Crippen MR) is 88.4 cm³/mol. The minimum absolute atomic E-state index is 0.517. The van der Waals surface area contributed by atoms with Gasteiger partial charge in [0.2, 0.25) is 0 Å². The van der Waals surface area contributed by atoms with Crippen LogP contribution in [0.1, 0.15) is 49.3 Å². The van der Waals surface area contributed by atoms with Gasteiger partial charge in [0.1, 0.15) is 0 Å². The summed E-state index contributed by atoms with van der Waals surface area (Å²) in [6.07, 6.45) is 6.81. The van der Waals surface area contributed by atoms with Crippen LogP contribution in [0, 0.1) is 0 Å². The summed E-state index contributed by atoms with van der Waals surface area (Å²) in [7, 11) is 0. The maximum Gasteiger partial charge on any atom is 0.0336 e. The molecule has 2 aliphatic rings. The maximum absolute atomic E-state index is 3.80. The zero-order valence-electron chi connectivity index (χ0n) is 13.1. The van der Waals surface area contributed by atoms with Gasteiger partial charge in [0.05, 0.1) is 0 Å². The summed E-state index contributed by atoms with van der Waals surface area (Å²) < 4.78 is 0. The van der Waals surface area contributed by atoms with E-state index in [0.717, 1.165) is 19.6 Å². The molecule has 0 bridgehead atoms. The van der Waals surface area contributed by atoms with Crippen molar-refractivity contribution in [3.63, 3.8) is 0 Å². The van der Waals surface area contributed by atoms with Crippen molar-refractivity contribution in [3.05, 3.63) is 35.4 Å². The van der Waals surface area contributed by atoms with Crippen LogP contribution in [-0.2, 0) is 6.54 Å². The number of nitrogens with one attached hydrogen (secondary N) is 2.